The van der Waals surface area contributed by atoms with Crippen molar-refractivity contribution in [3.63, 3.8) is 0 Å². The highest BCUT2D eigenvalue weighted by molar-refractivity contribution is 6.42. The molecule has 2 heterocycles. The number of nitrogens with one attached hydrogen (secondary N) is 1. The first-order chi connectivity index (χ1) is 13.6. The number of methoxy groups -OCH3 is 1. The van der Waals surface area contributed by atoms with Crippen LogP contribution in [0, 0.1) is 0 Å². The highest BCUT2D eigenvalue weighted by Crippen LogP contribution is 2.44. The van der Waals surface area contributed by atoms with Crippen LogP contribution in [0.3, 0.4) is 0 Å². The van der Waals surface area contributed by atoms with E-state index >= 15 is 0 Å². The van der Waals surface area contributed by atoms with E-state index in [2.05, 4.69) is 11.4 Å². The fourth-order valence-corrected chi connectivity index (χ4v) is 4.31. The molecule has 0 aliphatic carbocycles. The van der Waals surface area contributed by atoms with Crippen molar-refractivity contribution in [3.05, 3.63) is 33.8 Å². The summed E-state index contributed by atoms with van der Waals surface area (Å²) in [6.07, 6.45) is 0.235. The molecule has 2 fully saturated rings. The zero-order chi connectivity index (χ0) is 21.8. The van der Waals surface area contributed by atoms with E-state index in [-0.39, 0.29) is 5.54 Å². The largest absolute Gasteiger partial charge is 0.479 e. The smallest absolute Gasteiger partial charge is 0.335 e. The van der Waals surface area contributed by atoms with E-state index in [1.807, 2.05) is 12.1 Å². The normalized spacial score (nSPS) is 27.5. The summed E-state index contributed by atoms with van der Waals surface area (Å²) in [6.45, 7) is 0.793. The van der Waals surface area contributed by atoms with E-state index in [4.69, 9.17) is 48.4 Å². The maximum Gasteiger partial charge on any atom is 0.335 e. The lowest BCUT2D eigenvalue weighted by atomic mass is 9.80. The third-order valence-electron chi connectivity index (χ3n) is 5.33. The number of halogens is 2. The Morgan fingerprint density at radius 2 is 1.83 bits per heavy atom. The highest BCUT2D eigenvalue weighted by atomic mass is 35.5. The molecule has 8 nitrogen and oxygen atoms in total. The Kier molecular flexibility index (Phi) is 8.28. The van der Waals surface area contributed by atoms with Gasteiger partial charge in [-0.05, 0) is 49.3 Å². The first-order valence-electron chi connectivity index (χ1n) is 9.12. The molecule has 0 amide bonds. The van der Waals surface area contributed by atoms with E-state index in [9.17, 15) is 9.59 Å². The Labute approximate surface area is 178 Å². The molecule has 5 N–H and O–H groups in total. The molecule has 1 aromatic rings. The molecule has 162 valence electrons. The lowest BCUT2D eigenvalue weighted by Crippen LogP contribution is -2.51. The Hall–Kier alpha value is -1.42. The van der Waals surface area contributed by atoms with E-state index in [0.29, 0.717) is 22.0 Å². The molecule has 2 aliphatic heterocycles. The van der Waals surface area contributed by atoms with Crippen LogP contribution in [-0.4, -0.2) is 69.9 Å². The molecule has 3 rings (SSSR count). The predicted molar refractivity (Wildman–Crippen MR) is 106 cm³/mol. The van der Waals surface area contributed by atoms with Gasteiger partial charge in [0, 0.05) is 18.7 Å². The SMILES string of the molecule is COCC12CCC(CC(c3ccc(Cl)c(Cl)c3)C1)N2.O=C(O)[C@H](O)[C@@H](O)C(=O)O. The van der Waals surface area contributed by atoms with Crippen LogP contribution in [0.1, 0.15) is 37.2 Å². The lowest BCUT2D eigenvalue weighted by Gasteiger charge is -2.39. The lowest BCUT2D eigenvalue weighted by molar-refractivity contribution is -0.165. The summed E-state index contributed by atoms with van der Waals surface area (Å²) in [5.41, 5.74) is 1.47. The Balaban J connectivity index is 0.000000257. The van der Waals surface area contributed by atoms with Gasteiger partial charge in [-0.2, -0.15) is 0 Å². The average Bonchev–Trinajstić information content (AvgIpc) is 2.97. The van der Waals surface area contributed by atoms with Crippen molar-refractivity contribution in [1.82, 2.24) is 5.32 Å². The molecule has 1 aromatic carbocycles. The number of carboxylic acid groups (broad SMARTS) is 2. The minimum atomic E-state index is -2.27. The van der Waals surface area contributed by atoms with Gasteiger partial charge in [0.1, 0.15) is 0 Å². The molecule has 0 saturated carbocycles. The van der Waals surface area contributed by atoms with Gasteiger partial charge in [0.2, 0.25) is 0 Å². The third-order valence-corrected chi connectivity index (χ3v) is 6.07. The molecule has 2 aliphatic rings. The summed E-state index contributed by atoms with van der Waals surface area (Å²) >= 11 is 12.1. The second-order valence-electron chi connectivity index (χ2n) is 7.47. The molecule has 0 spiro atoms. The minimum Gasteiger partial charge on any atom is -0.479 e. The van der Waals surface area contributed by atoms with Crippen molar-refractivity contribution in [1.29, 1.82) is 0 Å². The number of piperidine rings is 1. The van der Waals surface area contributed by atoms with Crippen LogP contribution in [0.4, 0.5) is 0 Å². The van der Waals surface area contributed by atoms with Crippen LogP contribution < -0.4 is 5.32 Å². The Morgan fingerprint density at radius 3 is 2.34 bits per heavy atom. The van der Waals surface area contributed by atoms with Crippen LogP contribution in [0.25, 0.3) is 0 Å². The molecule has 5 atom stereocenters. The van der Waals surface area contributed by atoms with Crippen molar-refractivity contribution >= 4 is 35.1 Å². The van der Waals surface area contributed by atoms with Crippen molar-refractivity contribution in [2.45, 2.75) is 55.4 Å². The summed E-state index contributed by atoms with van der Waals surface area (Å²) in [4.78, 5) is 19.5. The minimum absolute atomic E-state index is 0.161. The summed E-state index contributed by atoms with van der Waals surface area (Å²) in [5.74, 6) is -2.98. The number of aliphatic hydroxyl groups excluding tert-OH is 2. The maximum atomic E-state index is 9.77. The van der Waals surface area contributed by atoms with Gasteiger partial charge in [-0.15, -0.1) is 0 Å². The maximum absolute atomic E-state index is 9.77. The standard InChI is InChI=1S/C15H19Cl2NO.C4H6O6/c1-19-9-15-5-4-12(18-15)6-11(8-15)10-2-3-13(16)14(17)7-10;5-1(3(7)8)2(6)4(9)10/h2-3,7,11-12,18H,4-6,8-9H2,1H3;1-2,5-6H,(H,7,8)(H,9,10)/t;1-,2-/m.1/s1. The molecule has 3 unspecified atom stereocenters. The first-order valence-corrected chi connectivity index (χ1v) is 9.87. The molecule has 29 heavy (non-hydrogen) atoms. The van der Waals surface area contributed by atoms with E-state index in [1.165, 1.54) is 24.8 Å². The summed E-state index contributed by atoms with van der Waals surface area (Å²) in [6, 6.07) is 6.67. The topological polar surface area (TPSA) is 136 Å². The van der Waals surface area contributed by atoms with Gasteiger partial charge >= 0.3 is 11.9 Å². The Bertz CT molecular complexity index is 725. The number of benzene rings is 1. The number of carboxylic acids is 2. The van der Waals surface area contributed by atoms with E-state index in [1.54, 1.807) is 7.11 Å². The van der Waals surface area contributed by atoms with Crippen molar-refractivity contribution in [3.8, 4) is 0 Å². The van der Waals surface area contributed by atoms with Gasteiger partial charge in [-0.1, -0.05) is 29.3 Å². The number of hydrogen-bond acceptors (Lipinski definition) is 6. The van der Waals surface area contributed by atoms with Gasteiger partial charge in [0.25, 0.3) is 0 Å². The van der Waals surface area contributed by atoms with Gasteiger partial charge in [-0.3, -0.25) is 0 Å². The fourth-order valence-electron chi connectivity index (χ4n) is 4.00. The summed E-state index contributed by atoms with van der Waals surface area (Å²) in [5, 5.41) is 37.6. The van der Waals surface area contributed by atoms with Crippen molar-refractivity contribution < 1.29 is 34.8 Å². The molecule has 10 heteroatoms. The molecule has 2 bridgehead atoms. The predicted octanol–water partition coefficient (Wildman–Crippen LogP) is 1.89. The second-order valence-corrected chi connectivity index (χ2v) is 8.28. The molecular weight excluding hydrogens is 425 g/mol. The fraction of sp³-hybridized carbons (Fsp3) is 0.579. The quantitative estimate of drug-likeness (QED) is 0.443. The number of rotatable bonds is 6. The van der Waals surface area contributed by atoms with Crippen molar-refractivity contribution in [2.24, 2.45) is 0 Å². The number of aliphatic carboxylic acids is 2. The number of fused-ring (bicyclic) bond motifs is 2. The van der Waals surface area contributed by atoms with Crippen LogP contribution >= 0.6 is 23.2 Å². The Morgan fingerprint density at radius 1 is 1.21 bits per heavy atom. The monoisotopic (exact) mass is 449 g/mol. The van der Waals surface area contributed by atoms with Gasteiger partial charge in [-0.25, -0.2) is 9.59 Å². The van der Waals surface area contributed by atoms with Crippen LogP contribution in [0.2, 0.25) is 10.0 Å². The van der Waals surface area contributed by atoms with Gasteiger partial charge in [0.05, 0.1) is 16.7 Å². The third kappa shape index (κ3) is 6.04. The number of carbonyl (C=O) groups is 2. The number of ether oxygens (including phenoxy) is 1. The van der Waals surface area contributed by atoms with Gasteiger partial charge in [0.15, 0.2) is 12.2 Å². The second kappa shape index (κ2) is 10.1. The number of hydrogen-bond donors (Lipinski definition) is 5. The van der Waals surface area contributed by atoms with Crippen molar-refractivity contribution in [2.75, 3.05) is 13.7 Å². The molecular formula is C19H25Cl2NO7. The van der Waals surface area contributed by atoms with E-state index in [0.717, 1.165) is 13.0 Å². The zero-order valence-electron chi connectivity index (χ0n) is 15.8. The van der Waals surface area contributed by atoms with Crippen LogP contribution in [0.5, 0.6) is 0 Å². The van der Waals surface area contributed by atoms with Crippen LogP contribution in [0.15, 0.2) is 18.2 Å². The zero-order valence-corrected chi connectivity index (χ0v) is 17.4. The number of aliphatic hydroxyl groups is 2. The first kappa shape index (κ1) is 23.9. The van der Waals surface area contributed by atoms with Crippen LogP contribution in [-0.2, 0) is 14.3 Å². The summed E-state index contributed by atoms with van der Waals surface area (Å²) in [7, 11) is 1.78. The average molecular weight is 450 g/mol. The molecule has 0 radical (unpaired) electrons. The highest BCUT2D eigenvalue weighted by Gasteiger charge is 2.45. The molecule has 2 saturated heterocycles. The summed E-state index contributed by atoms with van der Waals surface area (Å²) < 4.78 is 5.42. The van der Waals surface area contributed by atoms with E-state index < -0.39 is 24.1 Å². The van der Waals surface area contributed by atoms with Gasteiger partial charge < -0.3 is 30.5 Å². The molecule has 0 aromatic heterocycles.